The average Bonchev–Trinajstić information content (AvgIpc) is 2.51. The van der Waals surface area contributed by atoms with Crippen molar-refractivity contribution >= 4 is 0 Å². The lowest BCUT2D eigenvalue weighted by Gasteiger charge is -2.30. The highest BCUT2D eigenvalue weighted by Gasteiger charge is 2.26. The molecule has 16 heavy (non-hydrogen) atoms. The Morgan fingerprint density at radius 1 is 1.12 bits per heavy atom. The topological polar surface area (TPSA) is 52.5 Å². The molecular weight excluding hydrogens is 202 g/mol. The van der Waals surface area contributed by atoms with Gasteiger partial charge in [-0.25, -0.2) is 0 Å². The van der Waals surface area contributed by atoms with E-state index in [9.17, 15) is 10.2 Å². The van der Waals surface area contributed by atoms with Crippen molar-refractivity contribution < 1.29 is 10.2 Å². The molecule has 0 aliphatic heterocycles. The maximum Gasteiger partial charge on any atom is 0.0518 e. The molecule has 96 valence electrons. The molecule has 3 nitrogen and oxygen atoms in total. The summed E-state index contributed by atoms with van der Waals surface area (Å²) in [7, 11) is 0. The molecule has 0 saturated heterocycles. The molecule has 0 aromatic rings. The third-order valence-electron chi connectivity index (χ3n) is 3.92. The van der Waals surface area contributed by atoms with Crippen LogP contribution >= 0.6 is 0 Å². The normalized spacial score (nSPS) is 27.8. The second kappa shape index (κ2) is 6.58. The van der Waals surface area contributed by atoms with Gasteiger partial charge in [-0.1, -0.05) is 33.1 Å². The Labute approximate surface area is 99.3 Å². The Morgan fingerprint density at radius 2 is 1.75 bits per heavy atom. The Kier molecular flexibility index (Phi) is 5.73. The van der Waals surface area contributed by atoms with Crippen molar-refractivity contribution in [1.29, 1.82) is 0 Å². The molecule has 1 fully saturated rings. The fraction of sp³-hybridized carbons (Fsp3) is 1.00. The molecule has 2 atom stereocenters. The lowest BCUT2D eigenvalue weighted by Crippen LogP contribution is -2.44. The van der Waals surface area contributed by atoms with E-state index in [1.807, 2.05) is 6.92 Å². The van der Waals surface area contributed by atoms with Gasteiger partial charge in [0, 0.05) is 18.0 Å². The van der Waals surface area contributed by atoms with E-state index in [-0.39, 0.29) is 18.6 Å². The zero-order valence-corrected chi connectivity index (χ0v) is 10.7. The van der Waals surface area contributed by atoms with Crippen molar-refractivity contribution in [2.75, 3.05) is 19.8 Å². The average molecular weight is 229 g/mol. The third kappa shape index (κ3) is 4.04. The molecule has 0 heterocycles. The van der Waals surface area contributed by atoms with E-state index in [0.717, 1.165) is 0 Å². The second-order valence-corrected chi connectivity index (χ2v) is 5.73. The Morgan fingerprint density at radius 3 is 2.38 bits per heavy atom. The van der Waals surface area contributed by atoms with Crippen LogP contribution in [0.1, 0.15) is 46.0 Å². The molecular formula is C13H27NO2. The first-order valence-electron chi connectivity index (χ1n) is 6.56. The summed E-state index contributed by atoms with van der Waals surface area (Å²) in [5, 5.41) is 22.0. The van der Waals surface area contributed by atoms with Crippen LogP contribution in [0.15, 0.2) is 0 Å². The van der Waals surface area contributed by atoms with Gasteiger partial charge in [0.05, 0.1) is 13.2 Å². The monoisotopic (exact) mass is 229 g/mol. The van der Waals surface area contributed by atoms with Gasteiger partial charge in [-0.3, -0.25) is 0 Å². The summed E-state index contributed by atoms with van der Waals surface area (Å²) in [6.45, 7) is 5.00. The Balaban J connectivity index is 2.40. The lowest BCUT2D eigenvalue weighted by atomic mass is 9.90. The van der Waals surface area contributed by atoms with Gasteiger partial charge in [0.15, 0.2) is 0 Å². The van der Waals surface area contributed by atoms with Gasteiger partial charge in [-0.15, -0.1) is 0 Å². The van der Waals surface area contributed by atoms with E-state index < -0.39 is 0 Å². The van der Waals surface area contributed by atoms with Gasteiger partial charge in [-0.2, -0.15) is 0 Å². The molecule has 0 aromatic heterocycles. The van der Waals surface area contributed by atoms with Gasteiger partial charge < -0.3 is 15.5 Å². The molecule has 1 aliphatic rings. The van der Waals surface area contributed by atoms with Crippen molar-refractivity contribution in [3.05, 3.63) is 0 Å². The smallest absolute Gasteiger partial charge is 0.0518 e. The summed E-state index contributed by atoms with van der Waals surface area (Å²) in [4.78, 5) is 0. The summed E-state index contributed by atoms with van der Waals surface area (Å²) in [6, 6.07) is 0.555. The third-order valence-corrected chi connectivity index (χ3v) is 3.92. The predicted molar refractivity (Wildman–Crippen MR) is 66.3 cm³/mol. The van der Waals surface area contributed by atoms with Crippen LogP contribution in [-0.2, 0) is 0 Å². The fourth-order valence-electron chi connectivity index (χ4n) is 2.34. The molecule has 0 amide bonds. The minimum absolute atomic E-state index is 0.0393. The second-order valence-electron chi connectivity index (χ2n) is 5.73. The highest BCUT2D eigenvalue weighted by atomic mass is 16.3. The SMILES string of the molecule is CC1CCCCCC1NCC(C)(CO)CO. The maximum atomic E-state index is 9.24. The largest absolute Gasteiger partial charge is 0.396 e. The molecule has 3 N–H and O–H groups in total. The van der Waals surface area contributed by atoms with Gasteiger partial charge in [0.1, 0.15) is 0 Å². The van der Waals surface area contributed by atoms with E-state index in [4.69, 9.17) is 0 Å². The van der Waals surface area contributed by atoms with Crippen molar-refractivity contribution in [2.24, 2.45) is 11.3 Å². The lowest BCUT2D eigenvalue weighted by molar-refractivity contribution is 0.0651. The van der Waals surface area contributed by atoms with Crippen LogP contribution in [0.4, 0.5) is 0 Å². The predicted octanol–water partition coefficient (Wildman–Crippen LogP) is 1.54. The Bertz CT molecular complexity index is 192. The zero-order valence-electron chi connectivity index (χ0n) is 10.7. The quantitative estimate of drug-likeness (QED) is 0.627. The van der Waals surface area contributed by atoms with Crippen LogP contribution in [0, 0.1) is 11.3 Å². The number of hydrogen-bond donors (Lipinski definition) is 3. The summed E-state index contributed by atoms with van der Waals surface area (Å²) in [6.07, 6.45) is 6.52. The number of hydrogen-bond acceptors (Lipinski definition) is 3. The summed E-state index contributed by atoms with van der Waals surface area (Å²) < 4.78 is 0. The van der Waals surface area contributed by atoms with E-state index in [2.05, 4.69) is 12.2 Å². The van der Waals surface area contributed by atoms with Crippen LogP contribution in [0.25, 0.3) is 0 Å². The molecule has 1 rings (SSSR count). The minimum Gasteiger partial charge on any atom is -0.396 e. The van der Waals surface area contributed by atoms with Gasteiger partial charge in [0.25, 0.3) is 0 Å². The highest BCUT2D eigenvalue weighted by molar-refractivity contribution is 4.81. The van der Waals surface area contributed by atoms with E-state index in [1.54, 1.807) is 0 Å². The van der Waals surface area contributed by atoms with Crippen LogP contribution in [-0.4, -0.2) is 36.0 Å². The molecule has 1 saturated carbocycles. The number of nitrogens with one attached hydrogen (secondary N) is 1. The van der Waals surface area contributed by atoms with E-state index in [0.29, 0.717) is 18.5 Å². The van der Waals surface area contributed by atoms with E-state index in [1.165, 1.54) is 32.1 Å². The standard InChI is InChI=1S/C13H27NO2/c1-11-6-4-3-5-7-12(11)14-8-13(2,9-15)10-16/h11-12,14-16H,3-10H2,1-2H3. The molecule has 2 unspecified atom stereocenters. The van der Waals surface area contributed by atoms with Crippen molar-refractivity contribution in [3.63, 3.8) is 0 Å². The number of aliphatic hydroxyl groups is 2. The zero-order chi connectivity index (χ0) is 12.0. The first-order chi connectivity index (χ1) is 7.61. The van der Waals surface area contributed by atoms with Gasteiger partial charge in [0.2, 0.25) is 0 Å². The Hall–Kier alpha value is -0.120. The molecule has 0 radical (unpaired) electrons. The summed E-state index contributed by atoms with van der Waals surface area (Å²) in [5.74, 6) is 0.712. The van der Waals surface area contributed by atoms with Crippen LogP contribution < -0.4 is 5.32 Å². The minimum atomic E-state index is -0.383. The van der Waals surface area contributed by atoms with Crippen molar-refractivity contribution in [3.8, 4) is 0 Å². The van der Waals surface area contributed by atoms with Crippen LogP contribution in [0.2, 0.25) is 0 Å². The first kappa shape index (κ1) is 13.9. The van der Waals surface area contributed by atoms with Gasteiger partial charge >= 0.3 is 0 Å². The summed E-state index contributed by atoms with van der Waals surface area (Å²) in [5.41, 5.74) is -0.383. The molecule has 0 bridgehead atoms. The maximum absolute atomic E-state index is 9.24. The van der Waals surface area contributed by atoms with Crippen molar-refractivity contribution in [1.82, 2.24) is 5.32 Å². The first-order valence-corrected chi connectivity index (χ1v) is 6.56. The van der Waals surface area contributed by atoms with Crippen LogP contribution in [0.3, 0.4) is 0 Å². The number of rotatable bonds is 5. The fourth-order valence-corrected chi connectivity index (χ4v) is 2.34. The highest BCUT2D eigenvalue weighted by Crippen LogP contribution is 2.24. The molecule has 0 spiro atoms. The number of aliphatic hydroxyl groups excluding tert-OH is 2. The van der Waals surface area contributed by atoms with E-state index >= 15 is 0 Å². The van der Waals surface area contributed by atoms with Gasteiger partial charge in [-0.05, 0) is 18.8 Å². The molecule has 3 heteroatoms. The molecule has 0 aromatic carbocycles. The van der Waals surface area contributed by atoms with Crippen molar-refractivity contribution in [2.45, 2.75) is 52.0 Å². The summed E-state index contributed by atoms with van der Waals surface area (Å²) >= 11 is 0. The van der Waals surface area contributed by atoms with Crippen LogP contribution in [0.5, 0.6) is 0 Å². The molecule has 1 aliphatic carbocycles.